The summed E-state index contributed by atoms with van der Waals surface area (Å²) in [5.74, 6) is 0. The lowest BCUT2D eigenvalue weighted by molar-refractivity contribution is 0.611. The highest BCUT2D eigenvalue weighted by atomic mass is 16.3. The second kappa shape index (κ2) is 4.81. The van der Waals surface area contributed by atoms with Gasteiger partial charge in [0.1, 0.15) is 5.58 Å². The molecule has 1 aromatic heterocycles. The molecule has 0 atom stereocenters. The van der Waals surface area contributed by atoms with Crippen molar-refractivity contribution in [3.8, 4) is 0 Å². The predicted octanol–water partition coefficient (Wildman–Crippen LogP) is 4.66. The van der Waals surface area contributed by atoms with E-state index >= 15 is 0 Å². The molecule has 3 rings (SSSR count). The van der Waals surface area contributed by atoms with Gasteiger partial charge < -0.3 is 9.73 Å². The van der Waals surface area contributed by atoms with E-state index in [4.69, 9.17) is 4.42 Å². The number of furan rings is 1. The fourth-order valence-electron chi connectivity index (χ4n) is 2.37. The number of hydrogen-bond acceptors (Lipinski definition) is 2. The Kier molecular flexibility index (Phi) is 3.00. The van der Waals surface area contributed by atoms with Gasteiger partial charge >= 0.3 is 0 Å². The van der Waals surface area contributed by atoms with Crippen molar-refractivity contribution in [3.05, 3.63) is 65.4 Å². The average Bonchev–Trinajstić information content (AvgIpc) is 2.81. The van der Waals surface area contributed by atoms with Gasteiger partial charge in [0.25, 0.3) is 0 Å². The van der Waals surface area contributed by atoms with Gasteiger partial charge in [-0.2, -0.15) is 0 Å². The van der Waals surface area contributed by atoms with Crippen LogP contribution in [0.25, 0.3) is 11.0 Å². The Morgan fingerprint density at radius 3 is 2.74 bits per heavy atom. The van der Waals surface area contributed by atoms with Crippen molar-refractivity contribution in [1.82, 2.24) is 0 Å². The molecule has 0 spiro atoms. The summed E-state index contributed by atoms with van der Waals surface area (Å²) < 4.78 is 5.55. The third kappa shape index (κ3) is 2.34. The number of hydrogen-bond donors (Lipinski definition) is 1. The van der Waals surface area contributed by atoms with Crippen LogP contribution in [0.1, 0.15) is 16.7 Å². The molecule has 1 heterocycles. The van der Waals surface area contributed by atoms with Crippen molar-refractivity contribution in [2.75, 3.05) is 5.32 Å². The molecule has 1 N–H and O–H groups in total. The number of rotatable bonds is 3. The fourth-order valence-corrected chi connectivity index (χ4v) is 2.37. The van der Waals surface area contributed by atoms with Gasteiger partial charge in [-0.15, -0.1) is 0 Å². The first-order valence-electron chi connectivity index (χ1n) is 6.50. The van der Waals surface area contributed by atoms with Crippen LogP contribution in [0.15, 0.2) is 53.1 Å². The molecule has 96 valence electrons. The van der Waals surface area contributed by atoms with Crippen LogP contribution < -0.4 is 5.32 Å². The van der Waals surface area contributed by atoms with E-state index in [-0.39, 0.29) is 0 Å². The molecule has 0 bridgehead atoms. The highest BCUT2D eigenvalue weighted by Gasteiger charge is 2.05. The molecule has 0 radical (unpaired) electrons. The molecule has 0 saturated heterocycles. The number of para-hydroxylation sites is 1. The molecule has 2 nitrogen and oxygen atoms in total. The maximum absolute atomic E-state index is 5.55. The minimum absolute atomic E-state index is 0.779. The van der Waals surface area contributed by atoms with Crippen LogP contribution >= 0.6 is 0 Å². The zero-order chi connectivity index (χ0) is 13.2. The highest BCUT2D eigenvalue weighted by Crippen LogP contribution is 2.23. The molecule has 2 heteroatoms. The maximum atomic E-state index is 5.55. The number of benzene rings is 2. The molecule has 19 heavy (non-hydrogen) atoms. The van der Waals surface area contributed by atoms with Gasteiger partial charge in [0, 0.05) is 23.2 Å². The summed E-state index contributed by atoms with van der Waals surface area (Å²) in [4.78, 5) is 0. The summed E-state index contributed by atoms with van der Waals surface area (Å²) in [5, 5.41) is 4.66. The van der Waals surface area contributed by atoms with E-state index < -0.39 is 0 Å². The molecular weight excluding hydrogens is 234 g/mol. The molecule has 0 saturated carbocycles. The quantitative estimate of drug-likeness (QED) is 0.732. The summed E-state index contributed by atoms with van der Waals surface area (Å²) in [7, 11) is 0. The van der Waals surface area contributed by atoms with Crippen molar-refractivity contribution in [2.24, 2.45) is 0 Å². The Hall–Kier alpha value is -2.22. The van der Waals surface area contributed by atoms with E-state index in [2.05, 4.69) is 43.4 Å². The van der Waals surface area contributed by atoms with Gasteiger partial charge in [0.15, 0.2) is 0 Å². The lowest BCUT2D eigenvalue weighted by Gasteiger charge is -2.09. The van der Waals surface area contributed by atoms with Crippen LogP contribution in [0, 0.1) is 13.8 Å². The Morgan fingerprint density at radius 1 is 1.05 bits per heavy atom. The third-order valence-electron chi connectivity index (χ3n) is 3.41. The first-order chi connectivity index (χ1) is 9.24. The number of anilines is 1. The summed E-state index contributed by atoms with van der Waals surface area (Å²) in [6.45, 7) is 5.02. The molecular formula is C17H17NO. The molecule has 0 aliphatic heterocycles. The number of aryl methyl sites for hydroxylation is 2. The molecule has 0 aliphatic carbocycles. The topological polar surface area (TPSA) is 25.2 Å². The van der Waals surface area contributed by atoms with E-state index in [1.54, 1.807) is 0 Å². The summed E-state index contributed by atoms with van der Waals surface area (Å²) >= 11 is 0. The summed E-state index contributed by atoms with van der Waals surface area (Å²) in [6, 6.07) is 14.6. The van der Waals surface area contributed by atoms with E-state index in [1.807, 2.05) is 24.5 Å². The molecule has 0 aliphatic rings. The summed E-state index contributed by atoms with van der Waals surface area (Å²) in [5.41, 5.74) is 5.87. The lowest BCUT2D eigenvalue weighted by atomic mass is 10.1. The van der Waals surface area contributed by atoms with Crippen LogP contribution in [0.2, 0.25) is 0 Å². The van der Waals surface area contributed by atoms with Crippen molar-refractivity contribution in [2.45, 2.75) is 20.4 Å². The molecule has 0 amide bonds. The minimum atomic E-state index is 0.779. The van der Waals surface area contributed by atoms with Gasteiger partial charge in [-0.3, -0.25) is 0 Å². The number of nitrogens with one attached hydrogen (secondary N) is 1. The van der Waals surface area contributed by atoms with E-state index in [0.29, 0.717) is 0 Å². The van der Waals surface area contributed by atoms with Gasteiger partial charge in [-0.25, -0.2) is 0 Å². The SMILES string of the molecule is Cc1ccc(NCc2coc3ccccc23)c(C)c1. The fraction of sp³-hybridized carbons (Fsp3) is 0.176. The molecule has 0 fully saturated rings. The van der Waals surface area contributed by atoms with Crippen LogP contribution in [0.4, 0.5) is 5.69 Å². The second-order valence-electron chi connectivity index (χ2n) is 4.93. The molecule has 2 aromatic carbocycles. The molecule has 3 aromatic rings. The zero-order valence-electron chi connectivity index (χ0n) is 11.2. The zero-order valence-corrected chi connectivity index (χ0v) is 11.2. The Morgan fingerprint density at radius 2 is 1.89 bits per heavy atom. The van der Waals surface area contributed by atoms with Crippen molar-refractivity contribution in [1.29, 1.82) is 0 Å². The maximum Gasteiger partial charge on any atom is 0.134 e. The highest BCUT2D eigenvalue weighted by molar-refractivity contribution is 5.81. The monoisotopic (exact) mass is 251 g/mol. The van der Waals surface area contributed by atoms with Crippen LogP contribution in [0.3, 0.4) is 0 Å². The van der Waals surface area contributed by atoms with Gasteiger partial charge in [-0.05, 0) is 31.5 Å². The van der Waals surface area contributed by atoms with E-state index in [1.165, 1.54) is 27.8 Å². The van der Waals surface area contributed by atoms with Crippen LogP contribution in [-0.4, -0.2) is 0 Å². The minimum Gasteiger partial charge on any atom is -0.464 e. The predicted molar refractivity (Wildman–Crippen MR) is 79.5 cm³/mol. The second-order valence-corrected chi connectivity index (χ2v) is 4.93. The van der Waals surface area contributed by atoms with E-state index in [0.717, 1.165) is 12.1 Å². The first kappa shape index (κ1) is 11.8. The van der Waals surface area contributed by atoms with Crippen molar-refractivity contribution >= 4 is 16.7 Å². The molecule has 0 unspecified atom stereocenters. The Bertz CT molecular complexity index is 712. The average molecular weight is 251 g/mol. The normalized spacial score (nSPS) is 10.8. The number of fused-ring (bicyclic) bond motifs is 1. The van der Waals surface area contributed by atoms with Crippen LogP contribution in [0.5, 0.6) is 0 Å². The Balaban J connectivity index is 1.82. The van der Waals surface area contributed by atoms with Gasteiger partial charge in [0.2, 0.25) is 0 Å². The van der Waals surface area contributed by atoms with Crippen molar-refractivity contribution in [3.63, 3.8) is 0 Å². The Labute approximate surface area is 113 Å². The largest absolute Gasteiger partial charge is 0.464 e. The first-order valence-corrected chi connectivity index (χ1v) is 6.50. The van der Waals surface area contributed by atoms with Gasteiger partial charge in [0.05, 0.1) is 6.26 Å². The van der Waals surface area contributed by atoms with Gasteiger partial charge in [-0.1, -0.05) is 35.9 Å². The summed E-state index contributed by atoms with van der Waals surface area (Å²) in [6.07, 6.45) is 1.83. The van der Waals surface area contributed by atoms with Crippen LogP contribution in [-0.2, 0) is 6.54 Å². The smallest absolute Gasteiger partial charge is 0.134 e. The lowest BCUT2D eigenvalue weighted by Crippen LogP contribution is -2.00. The third-order valence-corrected chi connectivity index (χ3v) is 3.41. The van der Waals surface area contributed by atoms with E-state index in [9.17, 15) is 0 Å². The van der Waals surface area contributed by atoms with Crippen molar-refractivity contribution < 1.29 is 4.42 Å². The standard InChI is InChI=1S/C17H17NO/c1-12-7-8-16(13(2)9-12)18-10-14-11-19-17-6-4-3-5-15(14)17/h3-9,11,18H,10H2,1-2H3.